The zero-order valence-corrected chi connectivity index (χ0v) is 12.7. The summed E-state index contributed by atoms with van der Waals surface area (Å²) in [6.07, 6.45) is 9.88. The van der Waals surface area contributed by atoms with E-state index in [1.54, 1.807) is 16.7 Å². The molecule has 0 N–H and O–H groups in total. The van der Waals surface area contributed by atoms with Crippen LogP contribution in [0.1, 0.15) is 59.4 Å². The highest BCUT2D eigenvalue weighted by Crippen LogP contribution is 2.40. The lowest BCUT2D eigenvalue weighted by atomic mass is 9.86. The van der Waals surface area contributed by atoms with Gasteiger partial charge in [-0.25, -0.2) is 0 Å². The van der Waals surface area contributed by atoms with E-state index >= 15 is 0 Å². The van der Waals surface area contributed by atoms with E-state index in [1.165, 1.54) is 36.8 Å². The molecule has 2 atom stereocenters. The Labute approximate surface area is 127 Å². The fourth-order valence-electron chi connectivity index (χ4n) is 3.96. The number of hydrogen-bond acceptors (Lipinski definition) is 0. The number of allylic oxidation sites excluding steroid dienone is 1. The van der Waals surface area contributed by atoms with E-state index < -0.39 is 0 Å². The van der Waals surface area contributed by atoms with Gasteiger partial charge in [-0.3, -0.25) is 0 Å². The van der Waals surface area contributed by atoms with E-state index in [4.69, 9.17) is 0 Å². The first-order valence-corrected chi connectivity index (χ1v) is 8.20. The molecule has 0 bridgehead atoms. The number of aryl methyl sites for hydroxylation is 2. The Morgan fingerprint density at radius 1 is 1.05 bits per heavy atom. The van der Waals surface area contributed by atoms with Crippen molar-refractivity contribution in [2.24, 2.45) is 0 Å². The first-order valence-electron chi connectivity index (χ1n) is 8.20. The molecule has 21 heavy (non-hydrogen) atoms. The summed E-state index contributed by atoms with van der Waals surface area (Å²) in [6.45, 7) is 2.36. The smallest absolute Gasteiger partial charge is 0.00330 e. The maximum absolute atomic E-state index is 2.50. The molecule has 2 aromatic carbocycles. The van der Waals surface area contributed by atoms with Gasteiger partial charge in [-0.1, -0.05) is 61.5 Å². The molecule has 106 valence electrons. The van der Waals surface area contributed by atoms with E-state index in [0.717, 1.165) is 0 Å². The summed E-state index contributed by atoms with van der Waals surface area (Å²) in [7, 11) is 0. The van der Waals surface area contributed by atoms with Crippen LogP contribution in [0.25, 0.3) is 6.08 Å². The van der Waals surface area contributed by atoms with E-state index in [1.807, 2.05) is 0 Å². The van der Waals surface area contributed by atoms with E-state index in [2.05, 4.69) is 61.5 Å². The Balaban J connectivity index is 1.58. The summed E-state index contributed by atoms with van der Waals surface area (Å²) in [5.41, 5.74) is 7.70. The molecule has 0 heteroatoms. The number of fused-ring (bicyclic) bond motifs is 2. The average molecular weight is 274 g/mol. The molecule has 0 aliphatic heterocycles. The minimum atomic E-state index is 0.598. The lowest BCUT2D eigenvalue weighted by Gasteiger charge is -2.18. The highest BCUT2D eigenvalue weighted by molar-refractivity contribution is 5.65. The molecule has 0 saturated heterocycles. The van der Waals surface area contributed by atoms with Gasteiger partial charge in [0.05, 0.1) is 0 Å². The molecule has 2 aromatic rings. The first kappa shape index (κ1) is 12.9. The Kier molecular flexibility index (Phi) is 3.18. The van der Waals surface area contributed by atoms with Crippen LogP contribution in [-0.4, -0.2) is 0 Å². The number of rotatable bonds is 3. The molecule has 0 saturated carbocycles. The monoisotopic (exact) mass is 274 g/mol. The summed E-state index contributed by atoms with van der Waals surface area (Å²) in [4.78, 5) is 0. The first-order chi connectivity index (χ1) is 10.3. The van der Waals surface area contributed by atoms with Crippen LogP contribution in [0.3, 0.4) is 0 Å². The van der Waals surface area contributed by atoms with E-state index in [0.29, 0.717) is 11.8 Å². The summed E-state index contributed by atoms with van der Waals surface area (Å²) in [5, 5.41) is 0. The second-order valence-electron chi connectivity index (χ2n) is 6.62. The predicted octanol–water partition coefficient (Wildman–Crippen LogP) is 5.48. The molecule has 4 rings (SSSR count). The normalized spacial score (nSPS) is 20.3. The van der Waals surface area contributed by atoms with Crippen LogP contribution in [0.5, 0.6) is 0 Å². The third-order valence-corrected chi connectivity index (χ3v) is 5.18. The molecular weight excluding hydrogens is 252 g/mol. The Bertz CT molecular complexity index is 679. The van der Waals surface area contributed by atoms with Crippen molar-refractivity contribution in [1.82, 2.24) is 0 Å². The van der Waals surface area contributed by atoms with Gasteiger partial charge in [-0.05, 0) is 59.4 Å². The van der Waals surface area contributed by atoms with Gasteiger partial charge >= 0.3 is 0 Å². The molecular formula is C21H22. The predicted molar refractivity (Wildman–Crippen MR) is 89.7 cm³/mol. The van der Waals surface area contributed by atoms with Crippen molar-refractivity contribution in [3.05, 3.63) is 76.4 Å². The van der Waals surface area contributed by atoms with Crippen molar-refractivity contribution in [2.45, 2.75) is 44.4 Å². The van der Waals surface area contributed by atoms with Gasteiger partial charge in [-0.2, -0.15) is 0 Å². The lowest BCUT2D eigenvalue weighted by molar-refractivity contribution is 0.634. The summed E-state index contributed by atoms with van der Waals surface area (Å²) in [5.74, 6) is 1.21. The molecule has 0 aromatic heterocycles. The van der Waals surface area contributed by atoms with Gasteiger partial charge in [0.2, 0.25) is 0 Å². The average Bonchev–Trinajstić information content (AvgIpc) is 3.13. The van der Waals surface area contributed by atoms with Gasteiger partial charge in [0.1, 0.15) is 0 Å². The fraction of sp³-hybridized carbons (Fsp3) is 0.333. The third kappa shape index (κ3) is 2.33. The van der Waals surface area contributed by atoms with Crippen LogP contribution in [0.4, 0.5) is 0 Å². The van der Waals surface area contributed by atoms with Crippen molar-refractivity contribution >= 4 is 6.08 Å². The fourth-order valence-corrected chi connectivity index (χ4v) is 3.96. The van der Waals surface area contributed by atoms with Crippen LogP contribution in [0, 0.1) is 0 Å². The highest BCUT2D eigenvalue weighted by atomic mass is 14.3. The zero-order valence-electron chi connectivity index (χ0n) is 12.7. The van der Waals surface area contributed by atoms with Crippen molar-refractivity contribution in [1.29, 1.82) is 0 Å². The summed E-state index contributed by atoms with van der Waals surface area (Å²) >= 11 is 0. The minimum Gasteiger partial charge on any atom is -0.0764 e. The number of benzene rings is 2. The molecule has 0 heterocycles. The molecule has 2 aliphatic rings. The minimum absolute atomic E-state index is 0.598. The van der Waals surface area contributed by atoms with Crippen LogP contribution in [0.2, 0.25) is 0 Å². The maximum atomic E-state index is 2.50. The van der Waals surface area contributed by atoms with Gasteiger partial charge < -0.3 is 0 Å². The van der Waals surface area contributed by atoms with Crippen molar-refractivity contribution in [3.8, 4) is 0 Å². The Morgan fingerprint density at radius 3 is 2.62 bits per heavy atom. The van der Waals surface area contributed by atoms with Gasteiger partial charge in [-0.15, -0.1) is 0 Å². The number of hydrogen-bond donors (Lipinski definition) is 0. The van der Waals surface area contributed by atoms with Crippen molar-refractivity contribution < 1.29 is 0 Å². The maximum Gasteiger partial charge on any atom is 0.00330 e. The van der Waals surface area contributed by atoms with E-state index in [-0.39, 0.29) is 0 Å². The molecule has 0 nitrogen and oxygen atoms in total. The second kappa shape index (κ2) is 5.18. The molecule has 2 unspecified atom stereocenters. The summed E-state index contributed by atoms with van der Waals surface area (Å²) in [6, 6.07) is 15.9. The molecule has 0 fully saturated rings. The van der Waals surface area contributed by atoms with Crippen molar-refractivity contribution in [3.63, 3.8) is 0 Å². The Morgan fingerprint density at radius 2 is 1.81 bits per heavy atom. The van der Waals surface area contributed by atoms with Gasteiger partial charge in [0.15, 0.2) is 0 Å². The van der Waals surface area contributed by atoms with E-state index in [9.17, 15) is 0 Å². The lowest BCUT2D eigenvalue weighted by Crippen LogP contribution is -2.02. The SMILES string of the molecule is CC(CC1C=Cc2cc3c(cc21)CCC3)c1ccccc1. The second-order valence-corrected chi connectivity index (χ2v) is 6.62. The van der Waals surface area contributed by atoms with Crippen molar-refractivity contribution in [2.75, 3.05) is 0 Å². The van der Waals surface area contributed by atoms with Crippen LogP contribution in [0.15, 0.2) is 48.5 Å². The zero-order chi connectivity index (χ0) is 14.2. The standard InChI is InChI=1S/C21H22/c1-15(16-6-3-2-4-7-16)12-19-10-11-20-13-17-8-5-9-18(17)14-21(19)20/h2-4,6-7,10-11,13-15,19H,5,8-9,12H2,1H3. The van der Waals surface area contributed by atoms with Crippen LogP contribution >= 0.6 is 0 Å². The molecule has 0 spiro atoms. The van der Waals surface area contributed by atoms with Gasteiger partial charge in [0, 0.05) is 5.92 Å². The largest absolute Gasteiger partial charge is 0.0764 e. The quantitative estimate of drug-likeness (QED) is 0.695. The summed E-state index contributed by atoms with van der Waals surface area (Å²) < 4.78 is 0. The van der Waals surface area contributed by atoms with Gasteiger partial charge in [0.25, 0.3) is 0 Å². The molecule has 0 radical (unpaired) electrons. The van der Waals surface area contributed by atoms with Crippen LogP contribution < -0.4 is 0 Å². The third-order valence-electron chi connectivity index (χ3n) is 5.18. The molecule has 0 amide bonds. The topological polar surface area (TPSA) is 0 Å². The Hall–Kier alpha value is -1.82. The van der Waals surface area contributed by atoms with Crippen LogP contribution in [-0.2, 0) is 12.8 Å². The molecule has 2 aliphatic carbocycles. The highest BCUT2D eigenvalue weighted by Gasteiger charge is 2.23.